The molecule has 98 valence electrons. The van der Waals surface area contributed by atoms with Crippen molar-refractivity contribution in [3.63, 3.8) is 0 Å². The van der Waals surface area contributed by atoms with E-state index in [1.807, 2.05) is 0 Å². The van der Waals surface area contributed by atoms with E-state index in [1.54, 1.807) is 0 Å². The second kappa shape index (κ2) is 5.76. The van der Waals surface area contributed by atoms with Crippen molar-refractivity contribution in [3.8, 4) is 0 Å². The van der Waals surface area contributed by atoms with Gasteiger partial charge in [-0.25, -0.2) is 0 Å². The Morgan fingerprint density at radius 1 is 0.733 bits per heavy atom. The van der Waals surface area contributed by atoms with Crippen molar-refractivity contribution in [3.05, 3.63) is 0 Å². The zero-order valence-corrected chi connectivity index (χ0v) is 16.1. The number of hydrogen-bond donors (Lipinski definition) is 0. The van der Waals surface area contributed by atoms with E-state index in [2.05, 4.69) is 41.5 Å². The van der Waals surface area contributed by atoms with Gasteiger partial charge in [0, 0.05) is 0 Å². The van der Waals surface area contributed by atoms with Crippen molar-refractivity contribution in [1.29, 1.82) is 0 Å². The fourth-order valence-electron chi connectivity index (χ4n) is 0.559. The van der Waals surface area contributed by atoms with Gasteiger partial charge >= 0.3 is 117 Å². The van der Waals surface area contributed by atoms with Crippen LogP contribution in [0.15, 0.2) is 0 Å². The Kier molecular flexibility index (Phi) is 6.79. The van der Waals surface area contributed by atoms with E-state index in [-0.39, 0.29) is 10.3 Å². The second-order valence-electron chi connectivity index (χ2n) is 5.08. The van der Waals surface area contributed by atoms with Crippen LogP contribution in [0.3, 0.4) is 0 Å². The Labute approximate surface area is 116 Å². The maximum absolute atomic E-state index is 6.52. The van der Waals surface area contributed by atoms with Crippen molar-refractivity contribution in [2.45, 2.75) is 51.9 Å². The third kappa shape index (κ3) is 5.05. The van der Waals surface area contributed by atoms with Crippen LogP contribution in [0.5, 0.6) is 0 Å². The van der Waals surface area contributed by atoms with Gasteiger partial charge in [0.05, 0.1) is 0 Å². The number of hydrogen-bond acceptors (Lipinski definition) is 0. The van der Waals surface area contributed by atoms with Crippen LogP contribution in [0.25, 0.3) is 0 Å². The normalized spacial score (nSPS) is 19.9. The van der Waals surface area contributed by atoms with Crippen LogP contribution in [0.4, 0.5) is 0 Å². The van der Waals surface area contributed by atoms with Crippen molar-refractivity contribution >= 4 is 52.5 Å². The van der Waals surface area contributed by atoms with E-state index in [1.165, 1.54) is 0 Å². The van der Waals surface area contributed by atoms with Gasteiger partial charge in [0.25, 0.3) is 0 Å². The molecular weight excluding hydrogens is 406 g/mol. The van der Waals surface area contributed by atoms with Crippen LogP contribution in [-0.2, 0) is 12.5 Å². The molecule has 0 fully saturated rings. The van der Waals surface area contributed by atoms with Crippen LogP contribution in [-0.4, -0.2) is 10.3 Å². The summed E-state index contributed by atoms with van der Waals surface area (Å²) in [6.07, 6.45) is 0. The van der Waals surface area contributed by atoms with Gasteiger partial charge in [-0.2, -0.15) is 0 Å². The molecule has 0 amide bonds. The average molecular weight is 424 g/mol. The van der Waals surface area contributed by atoms with E-state index >= 15 is 0 Å². The van der Waals surface area contributed by atoms with Crippen LogP contribution < -0.4 is 0 Å². The third-order valence-corrected chi connectivity index (χ3v) is 41.7. The van der Waals surface area contributed by atoms with Gasteiger partial charge in [-0.3, -0.25) is 0 Å². The number of halogens is 4. The topological polar surface area (TPSA) is 0 Å². The van der Waals surface area contributed by atoms with Gasteiger partial charge in [0.1, 0.15) is 0 Å². The molecule has 0 spiro atoms. The number of rotatable bonds is 2. The summed E-state index contributed by atoms with van der Waals surface area (Å²) >= 11 is 10.2. The molecule has 0 saturated carbocycles. The summed E-state index contributed by atoms with van der Waals surface area (Å²) in [6, 6.07) is 0. The van der Waals surface area contributed by atoms with Gasteiger partial charge in [0.2, 0.25) is 0 Å². The molecule has 15 heavy (non-hydrogen) atoms. The summed E-state index contributed by atoms with van der Waals surface area (Å²) in [5.41, 5.74) is -1.84. The Bertz CT molecular complexity index is 200. The van der Waals surface area contributed by atoms with Crippen molar-refractivity contribution in [2.75, 3.05) is 0 Å². The van der Waals surface area contributed by atoms with Crippen molar-refractivity contribution in [1.82, 2.24) is 0 Å². The van der Waals surface area contributed by atoms with E-state index in [4.69, 9.17) is 41.5 Å². The summed E-state index contributed by atoms with van der Waals surface area (Å²) in [5.74, 6) is 0. The fourth-order valence-corrected chi connectivity index (χ4v) is 36.2. The Hall–Kier alpha value is 2.68. The standard InChI is InChI=1S/2C4H9ClP.2ClH.Pd/c2*1-4(2,3)6-5;;;/h2*1-3H3;2*1H;/q2*-1;;;+4/p-2. The molecule has 0 nitrogen and oxygen atoms in total. The summed E-state index contributed by atoms with van der Waals surface area (Å²) < 4.78 is 0. The van der Waals surface area contributed by atoms with Gasteiger partial charge in [0.15, 0.2) is 0 Å². The van der Waals surface area contributed by atoms with E-state index in [9.17, 15) is 0 Å². The summed E-state index contributed by atoms with van der Waals surface area (Å²) in [5, 5.41) is -0.0867. The van der Waals surface area contributed by atoms with Gasteiger partial charge in [-0.1, -0.05) is 0 Å². The first-order valence-electron chi connectivity index (χ1n) is 4.31. The molecule has 2 unspecified atom stereocenters. The van der Waals surface area contributed by atoms with E-state index in [0.717, 1.165) is 0 Å². The quantitative estimate of drug-likeness (QED) is 0.326. The zero-order valence-electron chi connectivity index (χ0n) is 9.72. The zero-order chi connectivity index (χ0) is 12.7. The SMILES string of the molecule is CC(C)(C)[P](Cl)[Pd]([Cl])([Cl])[P](Cl)C(C)(C)C. The molecule has 0 saturated heterocycles. The Morgan fingerprint density at radius 2 is 0.933 bits per heavy atom. The minimum absolute atomic E-state index is 0.0433. The van der Waals surface area contributed by atoms with Crippen LogP contribution in [0, 0.1) is 0 Å². The maximum atomic E-state index is 6.52. The molecule has 0 heterocycles. The molecule has 0 aromatic carbocycles. The summed E-state index contributed by atoms with van der Waals surface area (Å²) in [7, 11) is 13.0. The molecule has 0 aromatic rings. The molecule has 0 rings (SSSR count). The van der Waals surface area contributed by atoms with Crippen LogP contribution in [0.2, 0.25) is 0 Å². The van der Waals surface area contributed by atoms with Gasteiger partial charge in [-0.05, 0) is 0 Å². The first-order valence-corrected chi connectivity index (χ1v) is 16.6. The molecule has 0 bridgehead atoms. The first kappa shape index (κ1) is 17.7. The average Bonchev–Trinajstić information content (AvgIpc) is 1.98. The van der Waals surface area contributed by atoms with Crippen LogP contribution >= 0.6 is 52.5 Å². The summed E-state index contributed by atoms with van der Waals surface area (Å²) in [4.78, 5) is 0. The Morgan fingerprint density at radius 3 is 1.07 bits per heavy atom. The first-order chi connectivity index (χ1) is 6.31. The van der Waals surface area contributed by atoms with Crippen molar-refractivity contribution in [2.24, 2.45) is 0 Å². The molecule has 0 aliphatic heterocycles. The minimum atomic E-state index is -2.70. The molecule has 2 atom stereocenters. The predicted molar refractivity (Wildman–Crippen MR) is 76.8 cm³/mol. The molecule has 0 aromatic heterocycles. The molecule has 0 radical (unpaired) electrons. The molecule has 0 aliphatic carbocycles. The van der Waals surface area contributed by atoms with E-state index < -0.39 is 23.4 Å². The molecule has 0 aliphatic rings. The van der Waals surface area contributed by atoms with Crippen molar-refractivity contribution < 1.29 is 12.5 Å². The monoisotopic (exact) mass is 422 g/mol. The molecule has 0 N–H and O–H groups in total. The third-order valence-electron chi connectivity index (χ3n) is 1.23. The van der Waals surface area contributed by atoms with Gasteiger partial charge in [-0.15, -0.1) is 0 Å². The predicted octanol–water partition coefficient (Wildman–Crippen LogP) is 7.15. The van der Waals surface area contributed by atoms with E-state index in [0.29, 0.717) is 0 Å². The Balaban J connectivity index is 4.98. The van der Waals surface area contributed by atoms with Gasteiger partial charge < -0.3 is 0 Å². The molecule has 7 heteroatoms. The summed E-state index contributed by atoms with van der Waals surface area (Å²) in [6.45, 7) is 12.4. The second-order valence-corrected chi connectivity index (χ2v) is 33.9. The fraction of sp³-hybridized carbons (Fsp3) is 1.00. The molecular formula is C8H18Cl4P2Pd. The van der Waals surface area contributed by atoms with Crippen LogP contribution in [0.1, 0.15) is 41.5 Å².